The van der Waals surface area contributed by atoms with E-state index in [-0.39, 0.29) is 0 Å². The van der Waals surface area contributed by atoms with Crippen LogP contribution in [0.3, 0.4) is 0 Å². The molecule has 15 heavy (non-hydrogen) atoms. The smallest absolute Gasteiger partial charge is 0.0602 e. The van der Waals surface area contributed by atoms with E-state index in [1.807, 2.05) is 0 Å². The van der Waals surface area contributed by atoms with Gasteiger partial charge in [-0.3, -0.25) is 0 Å². The van der Waals surface area contributed by atoms with Crippen LogP contribution in [0.5, 0.6) is 0 Å². The van der Waals surface area contributed by atoms with Crippen molar-refractivity contribution in [1.29, 1.82) is 0 Å². The normalized spacial score (nSPS) is 19.6. The zero-order chi connectivity index (χ0) is 10.9. The van der Waals surface area contributed by atoms with E-state index >= 15 is 0 Å². The molecule has 0 spiro atoms. The molecule has 1 rings (SSSR count). The van der Waals surface area contributed by atoms with Gasteiger partial charge in [0.2, 0.25) is 0 Å². The predicted molar refractivity (Wildman–Crippen MR) is 62.6 cm³/mol. The fourth-order valence-corrected chi connectivity index (χ4v) is 2.07. The number of halogens is 1. The summed E-state index contributed by atoms with van der Waals surface area (Å²) in [5.74, 6) is 1.35. The fourth-order valence-electron chi connectivity index (χ4n) is 1.96. The minimum absolute atomic E-state index is 0.593. The second-order valence-electron chi connectivity index (χ2n) is 4.04. The molecule has 0 aromatic carbocycles. The molecule has 1 saturated heterocycles. The molecule has 90 valence electrons. The summed E-state index contributed by atoms with van der Waals surface area (Å²) in [4.78, 5) is 2.46. The van der Waals surface area contributed by atoms with E-state index in [2.05, 4.69) is 4.90 Å². The van der Waals surface area contributed by atoms with Gasteiger partial charge in [0.1, 0.15) is 0 Å². The fraction of sp³-hybridized carbons (Fsp3) is 1.00. The van der Waals surface area contributed by atoms with Crippen LogP contribution in [-0.2, 0) is 9.47 Å². The highest BCUT2D eigenvalue weighted by Crippen LogP contribution is 2.16. The van der Waals surface area contributed by atoms with Gasteiger partial charge in [0.05, 0.1) is 13.2 Å². The van der Waals surface area contributed by atoms with Gasteiger partial charge in [-0.05, 0) is 31.8 Å². The number of hydrogen-bond donors (Lipinski definition) is 0. The Morgan fingerprint density at radius 3 is 2.60 bits per heavy atom. The molecule has 0 unspecified atom stereocenters. The summed E-state index contributed by atoms with van der Waals surface area (Å²) in [5.41, 5.74) is 0. The first-order valence-corrected chi connectivity index (χ1v) is 6.25. The molecule has 0 aromatic heterocycles. The molecule has 1 aliphatic rings. The average Bonchev–Trinajstić information content (AvgIpc) is 2.27. The lowest BCUT2D eigenvalue weighted by atomic mass is 9.98. The number of methoxy groups -OCH3 is 1. The Labute approximate surface area is 97.7 Å². The van der Waals surface area contributed by atoms with Crippen LogP contribution in [0.4, 0.5) is 0 Å². The van der Waals surface area contributed by atoms with E-state index in [1.54, 1.807) is 7.11 Å². The van der Waals surface area contributed by atoms with Crippen molar-refractivity contribution in [3.05, 3.63) is 0 Å². The highest BCUT2D eigenvalue weighted by molar-refractivity contribution is 6.17. The molecule has 0 amide bonds. The van der Waals surface area contributed by atoms with Crippen LogP contribution in [0.25, 0.3) is 0 Å². The molecular weight excluding hydrogens is 214 g/mol. The van der Waals surface area contributed by atoms with E-state index in [1.165, 1.54) is 25.9 Å². The molecule has 0 N–H and O–H groups in total. The maximum absolute atomic E-state index is 5.52. The lowest BCUT2D eigenvalue weighted by Crippen LogP contribution is -2.37. The Morgan fingerprint density at radius 2 is 2.00 bits per heavy atom. The Bertz CT molecular complexity index is 147. The number of likely N-dealkylation sites (tertiary alicyclic amines) is 1. The number of piperidine rings is 1. The van der Waals surface area contributed by atoms with Crippen molar-refractivity contribution < 1.29 is 9.47 Å². The van der Waals surface area contributed by atoms with Crippen LogP contribution < -0.4 is 0 Å². The first-order chi connectivity index (χ1) is 7.36. The van der Waals surface area contributed by atoms with Crippen LogP contribution in [0.15, 0.2) is 0 Å². The third-order valence-electron chi connectivity index (χ3n) is 2.88. The van der Waals surface area contributed by atoms with Crippen molar-refractivity contribution in [3.63, 3.8) is 0 Å². The Balaban J connectivity index is 1.99. The number of nitrogens with zero attached hydrogens (tertiary/aromatic N) is 1. The summed E-state index contributed by atoms with van der Waals surface area (Å²) < 4.78 is 10.5. The Kier molecular flexibility index (Phi) is 7.36. The van der Waals surface area contributed by atoms with E-state index in [4.69, 9.17) is 21.1 Å². The van der Waals surface area contributed by atoms with Crippen molar-refractivity contribution >= 4 is 11.6 Å². The van der Waals surface area contributed by atoms with Crippen molar-refractivity contribution in [1.82, 2.24) is 4.90 Å². The SMILES string of the molecule is COCC1CCN(CCOCCCl)CC1. The summed E-state index contributed by atoms with van der Waals surface area (Å²) in [6.07, 6.45) is 2.51. The summed E-state index contributed by atoms with van der Waals surface area (Å²) in [7, 11) is 1.78. The first-order valence-electron chi connectivity index (χ1n) is 5.71. The molecule has 3 nitrogen and oxygen atoms in total. The van der Waals surface area contributed by atoms with Crippen molar-refractivity contribution in [2.75, 3.05) is 52.4 Å². The standard InChI is InChI=1S/C11H22ClNO2/c1-14-10-11-2-5-13(6-3-11)7-9-15-8-4-12/h11H,2-10H2,1H3. The number of ether oxygens (including phenoxy) is 2. The maximum atomic E-state index is 5.52. The van der Waals surface area contributed by atoms with Crippen molar-refractivity contribution in [2.45, 2.75) is 12.8 Å². The highest BCUT2D eigenvalue weighted by atomic mass is 35.5. The molecule has 1 fully saturated rings. The van der Waals surface area contributed by atoms with Gasteiger partial charge in [0, 0.05) is 26.1 Å². The number of alkyl halides is 1. The lowest BCUT2D eigenvalue weighted by Gasteiger charge is -2.31. The zero-order valence-electron chi connectivity index (χ0n) is 9.58. The van der Waals surface area contributed by atoms with Crippen molar-refractivity contribution in [2.24, 2.45) is 5.92 Å². The van der Waals surface area contributed by atoms with Gasteiger partial charge in [-0.1, -0.05) is 0 Å². The summed E-state index contributed by atoms with van der Waals surface area (Å²) in [5, 5.41) is 0. The summed E-state index contributed by atoms with van der Waals surface area (Å²) >= 11 is 5.52. The molecule has 0 saturated carbocycles. The van der Waals surface area contributed by atoms with Crippen LogP contribution >= 0.6 is 11.6 Å². The molecule has 1 heterocycles. The lowest BCUT2D eigenvalue weighted by molar-refractivity contribution is 0.0734. The first kappa shape index (κ1) is 13.2. The van der Waals surface area contributed by atoms with Crippen LogP contribution in [0.2, 0.25) is 0 Å². The van der Waals surface area contributed by atoms with Gasteiger partial charge in [0.15, 0.2) is 0 Å². The molecular formula is C11H22ClNO2. The quantitative estimate of drug-likeness (QED) is 0.494. The molecule has 0 aromatic rings. The largest absolute Gasteiger partial charge is 0.384 e. The Hall–Kier alpha value is 0.170. The maximum Gasteiger partial charge on any atom is 0.0602 e. The molecule has 0 radical (unpaired) electrons. The van der Waals surface area contributed by atoms with E-state index in [0.717, 1.165) is 25.7 Å². The van der Waals surface area contributed by atoms with Gasteiger partial charge < -0.3 is 14.4 Å². The Morgan fingerprint density at radius 1 is 1.27 bits per heavy atom. The molecule has 1 aliphatic heterocycles. The number of hydrogen-bond acceptors (Lipinski definition) is 3. The zero-order valence-corrected chi connectivity index (χ0v) is 10.3. The highest BCUT2D eigenvalue weighted by Gasteiger charge is 2.18. The second-order valence-corrected chi connectivity index (χ2v) is 4.42. The monoisotopic (exact) mass is 235 g/mol. The van der Waals surface area contributed by atoms with Gasteiger partial charge in [-0.25, -0.2) is 0 Å². The topological polar surface area (TPSA) is 21.7 Å². The minimum Gasteiger partial charge on any atom is -0.384 e. The van der Waals surface area contributed by atoms with Gasteiger partial charge >= 0.3 is 0 Å². The van der Waals surface area contributed by atoms with Crippen LogP contribution in [0, 0.1) is 5.92 Å². The second kappa shape index (κ2) is 8.34. The van der Waals surface area contributed by atoms with Crippen LogP contribution in [0.1, 0.15) is 12.8 Å². The number of rotatable bonds is 7. The van der Waals surface area contributed by atoms with Gasteiger partial charge in [0.25, 0.3) is 0 Å². The summed E-state index contributed by atoms with van der Waals surface area (Å²) in [6.45, 7) is 5.78. The van der Waals surface area contributed by atoms with Crippen molar-refractivity contribution in [3.8, 4) is 0 Å². The van der Waals surface area contributed by atoms with E-state index in [9.17, 15) is 0 Å². The van der Waals surface area contributed by atoms with Gasteiger partial charge in [-0.2, -0.15) is 0 Å². The van der Waals surface area contributed by atoms with E-state index < -0.39 is 0 Å². The average molecular weight is 236 g/mol. The summed E-state index contributed by atoms with van der Waals surface area (Å²) in [6, 6.07) is 0. The third-order valence-corrected chi connectivity index (χ3v) is 3.04. The van der Waals surface area contributed by atoms with Crippen LogP contribution in [-0.4, -0.2) is 57.3 Å². The third kappa shape index (κ3) is 5.71. The predicted octanol–water partition coefficient (Wildman–Crippen LogP) is 1.60. The molecule has 0 bridgehead atoms. The molecule has 4 heteroatoms. The van der Waals surface area contributed by atoms with E-state index in [0.29, 0.717) is 12.5 Å². The molecule has 0 aliphatic carbocycles. The molecule has 0 atom stereocenters. The van der Waals surface area contributed by atoms with Gasteiger partial charge in [-0.15, -0.1) is 11.6 Å². The minimum atomic E-state index is 0.593.